The van der Waals surface area contributed by atoms with Crippen LogP contribution >= 0.6 is 23.7 Å². The van der Waals surface area contributed by atoms with Gasteiger partial charge in [-0.2, -0.15) is 0 Å². The highest BCUT2D eigenvalue weighted by molar-refractivity contribution is 7.17. The number of nitrogens with one attached hydrogen (secondary N) is 1. The zero-order chi connectivity index (χ0) is 19.6. The molecule has 2 aromatic heterocycles. The maximum Gasteiger partial charge on any atom is 0.348 e. The van der Waals surface area contributed by atoms with Crippen molar-refractivity contribution in [1.82, 2.24) is 14.9 Å². The van der Waals surface area contributed by atoms with Crippen LogP contribution in [0.25, 0.3) is 22.0 Å². The molecule has 1 amide bonds. The van der Waals surface area contributed by atoms with E-state index < -0.39 is 12.1 Å². The lowest BCUT2D eigenvalue weighted by molar-refractivity contribution is 0.0702. The van der Waals surface area contributed by atoms with Crippen LogP contribution in [0.3, 0.4) is 0 Å². The van der Waals surface area contributed by atoms with Gasteiger partial charge in [-0.25, -0.2) is 9.78 Å². The molecule has 1 aromatic carbocycles. The summed E-state index contributed by atoms with van der Waals surface area (Å²) in [6.07, 6.45) is 0.205. The quantitative estimate of drug-likeness (QED) is 0.529. The Kier molecular flexibility index (Phi) is 6.95. The summed E-state index contributed by atoms with van der Waals surface area (Å²) in [6, 6.07) is 12.6. The Bertz CT molecular complexity index is 984. The van der Waals surface area contributed by atoms with E-state index in [-0.39, 0.29) is 23.2 Å². The number of rotatable bonds is 6. The van der Waals surface area contributed by atoms with Gasteiger partial charge in [0.15, 0.2) is 0 Å². The number of carbonyl (C=O) groups is 2. The van der Waals surface area contributed by atoms with Gasteiger partial charge in [0.2, 0.25) is 0 Å². The van der Waals surface area contributed by atoms with Crippen LogP contribution in [-0.4, -0.2) is 32.7 Å². The standard InChI is InChI=1S/C19H20N4O3S.ClH/c1-3-14(20)21-17(24)12-9-10-13(23(12)2)18-22-15(16(27-18)19(25)26)11-7-5-4-6-8-11;/h4-10,14H,3,20H2,1-2H3,(H,21,24)(H,25,26);1H. The summed E-state index contributed by atoms with van der Waals surface area (Å²) < 4.78 is 1.69. The molecule has 0 aliphatic carbocycles. The highest BCUT2D eigenvalue weighted by Crippen LogP contribution is 2.34. The van der Waals surface area contributed by atoms with Crippen LogP contribution < -0.4 is 11.1 Å². The Morgan fingerprint density at radius 1 is 1.25 bits per heavy atom. The number of aromatic carboxylic acids is 1. The molecule has 0 fully saturated rings. The Balaban J connectivity index is 0.00000280. The number of hydrogen-bond acceptors (Lipinski definition) is 5. The van der Waals surface area contributed by atoms with Gasteiger partial charge in [-0.15, -0.1) is 23.7 Å². The van der Waals surface area contributed by atoms with Crippen LogP contribution in [-0.2, 0) is 7.05 Å². The van der Waals surface area contributed by atoms with Crippen LogP contribution in [0.1, 0.15) is 33.5 Å². The van der Waals surface area contributed by atoms with Crippen molar-refractivity contribution in [3.05, 3.63) is 53.0 Å². The van der Waals surface area contributed by atoms with Crippen molar-refractivity contribution in [2.75, 3.05) is 0 Å². The molecule has 3 aromatic rings. The van der Waals surface area contributed by atoms with Crippen molar-refractivity contribution in [2.45, 2.75) is 19.5 Å². The van der Waals surface area contributed by atoms with Crippen LogP contribution in [0.2, 0.25) is 0 Å². The van der Waals surface area contributed by atoms with E-state index in [4.69, 9.17) is 5.73 Å². The van der Waals surface area contributed by atoms with Crippen molar-refractivity contribution in [2.24, 2.45) is 12.8 Å². The first-order valence-corrected chi connectivity index (χ1v) is 9.26. The lowest BCUT2D eigenvalue weighted by Crippen LogP contribution is -2.41. The average molecular weight is 421 g/mol. The van der Waals surface area contributed by atoms with Gasteiger partial charge in [0.1, 0.15) is 15.6 Å². The number of nitrogens with zero attached hydrogens (tertiary/aromatic N) is 2. The first-order chi connectivity index (χ1) is 12.9. The molecule has 0 bridgehead atoms. The van der Waals surface area contributed by atoms with E-state index >= 15 is 0 Å². The molecule has 9 heteroatoms. The lowest BCUT2D eigenvalue weighted by atomic mass is 10.1. The Morgan fingerprint density at radius 2 is 1.93 bits per heavy atom. The first-order valence-electron chi connectivity index (χ1n) is 8.44. The fourth-order valence-corrected chi connectivity index (χ4v) is 3.65. The SMILES string of the molecule is CCC(N)NC(=O)c1ccc(-c2nc(-c3ccccc3)c(C(=O)O)s2)n1C.Cl. The van der Waals surface area contributed by atoms with E-state index in [1.165, 1.54) is 0 Å². The average Bonchev–Trinajstić information content (AvgIpc) is 3.26. The number of carboxylic acid groups (broad SMARTS) is 1. The fourth-order valence-electron chi connectivity index (χ4n) is 2.66. The van der Waals surface area contributed by atoms with E-state index in [1.54, 1.807) is 23.7 Å². The molecular formula is C19H21ClN4O3S. The van der Waals surface area contributed by atoms with Gasteiger partial charge in [-0.3, -0.25) is 4.79 Å². The minimum absolute atomic E-state index is 0. The van der Waals surface area contributed by atoms with Gasteiger partial charge in [0.05, 0.1) is 17.6 Å². The number of thiazole rings is 1. The van der Waals surface area contributed by atoms with Crippen LogP contribution in [0, 0.1) is 0 Å². The summed E-state index contributed by atoms with van der Waals surface area (Å²) in [6.45, 7) is 1.88. The molecule has 0 saturated heterocycles. The maximum atomic E-state index is 12.4. The van der Waals surface area contributed by atoms with Crippen molar-refractivity contribution in [3.63, 3.8) is 0 Å². The summed E-state index contributed by atoms with van der Waals surface area (Å²) in [4.78, 5) is 28.7. The van der Waals surface area contributed by atoms with E-state index in [0.717, 1.165) is 16.9 Å². The highest BCUT2D eigenvalue weighted by Gasteiger charge is 2.22. The summed E-state index contributed by atoms with van der Waals surface area (Å²) in [5.41, 5.74) is 8.04. The van der Waals surface area contributed by atoms with Crippen molar-refractivity contribution >= 4 is 35.6 Å². The molecule has 148 valence electrons. The molecule has 0 aliphatic rings. The predicted octanol–water partition coefficient (Wildman–Crippen LogP) is 3.36. The third-order valence-corrected chi connectivity index (χ3v) is 5.26. The van der Waals surface area contributed by atoms with Crippen LogP contribution in [0.5, 0.6) is 0 Å². The Labute approximate surface area is 172 Å². The largest absolute Gasteiger partial charge is 0.477 e. The molecule has 0 saturated carbocycles. The number of carboxylic acids is 1. The number of benzene rings is 1. The van der Waals surface area contributed by atoms with Gasteiger partial charge < -0.3 is 20.7 Å². The lowest BCUT2D eigenvalue weighted by Gasteiger charge is -2.12. The highest BCUT2D eigenvalue weighted by atomic mass is 35.5. The monoisotopic (exact) mass is 420 g/mol. The van der Waals surface area contributed by atoms with Gasteiger partial charge in [-0.05, 0) is 18.6 Å². The molecule has 0 spiro atoms. The molecular weight excluding hydrogens is 400 g/mol. The molecule has 1 atom stereocenters. The first kappa shape index (κ1) is 21.6. The van der Waals surface area contributed by atoms with Crippen molar-refractivity contribution < 1.29 is 14.7 Å². The van der Waals surface area contributed by atoms with E-state index in [9.17, 15) is 14.7 Å². The Morgan fingerprint density at radius 3 is 2.54 bits per heavy atom. The molecule has 0 aliphatic heterocycles. The number of aromatic nitrogens is 2. The molecule has 4 N–H and O–H groups in total. The molecule has 1 unspecified atom stereocenters. The van der Waals surface area contributed by atoms with Gasteiger partial charge in [0, 0.05) is 12.6 Å². The molecule has 0 radical (unpaired) electrons. The zero-order valence-corrected chi connectivity index (χ0v) is 17.0. The third-order valence-electron chi connectivity index (χ3n) is 4.20. The minimum atomic E-state index is -1.03. The third kappa shape index (κ3) is 4.24. The fraction of sp³-hybridized carbons (Fsp3) is 0.211. The van der Waals surface area contributed by atoms with E-state index in [1.807, 2.05) is 37.3 Å². The molecule has 2 heterocycles. The van der Waals surface area contributed by atoms with Crippen LogP contribution in [0.4, 0.5) is 0 Å². The van der Waals surface area contributed by atoms with Crippen molar-refractivity contribution in [1.29, 1.82) is 0 Å². The number of halogens is 1. The second-order valence-electron chi connectivity index (χ2n) is 6.02. The molecule has 7 nitrogen and oxygen atoms in total. The minimum Gasteiger partial charge on any atom is -0.477 e. The number of amides is 1. The van der Waals surface area contributed by atoms with Crippen molar-refractivity contribution in [3.8, 4) is 22.0 Å². The summed E-state index contributed by atoms with van der Waals surface area (Å²) >= 11 is 1.09. The maximum absolute atomic E-state index is 12.4. The number of nitrogens with two attached hydrogens (primary N) is 1. The van der Waals surface area contributed by atoms with E-state index in [2.05, 4.69) is 10.3 Å². The summed E-state index contributed by atoms with van der Waals surface area (Å²) in [5, 5.41) is 12.8. The smallest absolute Gasteiger partial charge is 0.348 e. The number of carbonyl (C=O) groups excluding carboxylic acids is 1. The second-order valence-corrected chi connectivity index (χ2v) is 7.02. The molecule has 3 rings (SSSR count). The second kappa shape index (κ2) is 9.01. The van der Waals surface area contributed by atoms with Crippen LogP contribution in [0.15, 0.2) is 42.5 Å². The van der Waals surface area contributed by atoms with Gasteiger partial charge >= 0.3 is 5.97 Å². The van der Waals surface area contributed by atoms with Gasteiger partial charge in [0.25, 0.3) is 5.91 Å². The topological polar surface area (TPSA) is 110 Å². The van der Waals surface area contributed by atoms with Gasteiger partial charge in [-0.1, -0.05) is 37.3 Å². The normalized spacial score (nSPS) is 11.5. The molecule has 28 heavy (non-hydrogen) atoms. The summed E-state index contributed by atoms with van der Waals surface area (Å²) in [7, 11) is 1.74. The number of hydrogen-bond donors (Lipinski definition) is 3. The summed E-state index contributed by atoms with van der Waals surface area (Å²) in [5.74, 6) is -1.31. The Hall–Kier alpha value is -2.68. The predicted molar refractivity (Wildman–Crippen MR) is 112 cm³/mol. The zero-order valence-electron chi connectivity index (χ0n) is 15.4. The van der Waals surface area contributed by atoms with E-state index in [0.29, 0.717) is 28.5 Å².